The van der Waals surface area contributed by atoms with Gasteiger partial charge >= 0.3 is 5.97 Å². The monoisotopic (exact) mass is 349 g/mol. The highest BCUT2D eigenvalue weighted by atomic mass is 32.2. The molecule has 0 heterocycles. The van der Waals surface area contributed by atoms with Crippen LogP contribution in [0.25, 0.3) is 0 Å². The molecule has 7 heteroatoms. The fourth-order valence-electron chi connectivity index (χ4n) is 2.05. The van der Waals surface area contributed by atoms with Crippen molar-refractivity contribution >= 4 is 16.0 Å². The lowest BCUT2D eigenvalue weighted by atomic mass is 10.1. The van der Waals surface area contributed by atoms with Crippen molar-refractivity contribution in [2.45, 2.75) is 17.9 Å². The van der Waals surface area contributed by atoms with E-state index in [2.05, 4.69) is 0 Å². The van der Waals surface area contributed by atoms with Crippen molar-refractivity contribution in [1.82, 2.24) is 4.31 Å². The second-order valence-electron chi connectivity index (χ2n) is 5.44. The average Bonchev–Trinajstić information content (AvgIpc) is 2.54. The molecule has 0 fully saturated rings. The Hall–Kier alpha value is -2.38. The molecule has 0 atom stereocenters. The van der Waals surface area contributed by atoms with E-state index in [4.69, 9.17) is 9.84 Å². The molecule has 6 nitrogen and oxygen atoms in total. The lowest BCUT2D eigenvalue weighted by Gasteiger charge is -2.12. The molecule has 0 unspecified atom stereocenters. The van der Waals surface area contributed by atoms with Crippen LogP contribution in [0.5, 0.6) is 5.75 Å². The minimum Gasteiger partial charge on any atom is -0.489 e. The highest BCUT2D eigenvalue weighted by Gasteiger charge is 2.17. The van der Waals surface area contributed by atoms with E-state index in [0.29, 0.717) is 11.3 Å². The summed E-state index contributed by atoms with van der Waals surface area (Å²) in [5, 5.41) is 8.74. The highest BCUT2D eigenvalue weighted by molar-refractivity contribution is 7.89. The van der Waals surface area contributed by atoms with Gasteiger partial charge in [0.05, 0.1) is 11.3 Å². The first-order valence-electron chi connectivity index (χ1n) is 7.24. The molecule has 0 spiro atoms. The Morgan fingerprint density at radius 1 is 1.08 bits per heavy atom. The largest absolute Gasteiger partial charge is 0.489 e. The number of sulfonamides is 1. The van der Waals surface area contributed by atoms with Crippen molar-refractivity contribution in [3.63, 3.8) is 0 Å². The quantitative estimate of drug-likeness (QED) is 0.828. The molecule has 0 aliphatic heterocycles. The zero-order chi connectivity index (χ0) is 17.7. The Morgan fingerprint density at radius 3 is 2.33 bits per heavy atom. The van der Waals surface area contributed by atoms with Gasteiger partial charge in [0.25, 0.3) is 0 Å². The van der Waals surface area contributed by atoms with Crippen molar-refractivity contribution in [1.29, 1.82) is 0 Å². The molecule has 0 aromatic heterocycles. The lowest BCUT2D eigenvalue weighted by Crippen LogP contribution is -2.22. The third kappa shape index (κ3) is 4.56. The second-order valence-corrected chi connectivity index (χ2v) is 7.59. The molecule has 1 N–H and O–H groups in total. The summed E-state index contributed by atoms with van der Waals surface area (Å²) in [6, 6.07) is 13.3. The summed E-state index contributed by atoms with van der Waals surface area (Å²) in [6.07, 6.45) is -0.0370. The smallest absolute Gasteiger partial charge is 0.307 e. The number of hydrogen-bond acceptors (Lipinski definition) is 4. The Bertz CT molecular complexity index is 813. The number of carboxylic acids is 1. The molecule has 0 saturated heterocycles. The Morgan fingerprint density at radius 2 is 1.75 bits per heavy atom. The summed E-state index contributed by atoms with van der Waals surface area (Å²) in [6.45, 7) is 0.217. The lowest BCUT2D eigenvalue weighted by molar-refractivity contribution is -0.136. The molecule has 0 bridgehead atoms. The zero-order valence-corrected chi connectivity index (χ0v) is 14.3. The normalized spacial score (nSPS) is 11.5. The van der Waals surface area contributed by atoms with E-state index in [-0.39, 0.29) is 17.9 Å². The molecule has 0 saturated carbocycles. The predicted octanol–water partition coefficient (Wildman–Crippen LogP) is 2.14. The first-order chi connectivity index (χ1) is 11.3. The van der Waals surface area contributed by atoms with Gasteiger partial charge in [-0.1, -0.05) is 24.3 Å². The molecule has 2 aromatic rings. The first kappa shape index (κ1) is 18.0. The fraction of sp³-hybridized carbons (Fsp3) is 0.235. The van der Waals surface area contributed by atoms with Gasteiger partial charge in [0.15, 0.2) is 0 Å². The van der Waals surface area contributed by atoms with Crippen LogP contribution in [0.1, 0.15) is 11.1 Å². The number of nitrogens with zero attached hydrogens (tertiary/aromatic N) is 1. The van der Waals surface area contributed by atoms with Crippen molar-refractivity contribution in [3.8, 4) is 5.75 Å². The Kier molecular flexibility index (Phi) is 5.58. The fourth-order valence-corrected chi connectivity index (χ4v) is 3.02. The Labute approximate surface area is 141 Å². The summed E-state index contributed by atoms with van der Waals surface area (Å²) in [7, 11) is -0.511. The molecule has 24 heavy (non-hydrogen) atoms. The molecule has 0 amide bonds. The van der Waals surface area contributed by atoms with Crippen molar-refractivity contribution in [2.75, 3.05) is 14.1 Å². The number of carboxylic acid groups (broad SMARTS) is 1. The minimum atomic E-state index is -3.48. The minimum absolute atomic E-state index is 0.0370. The maximum absolute atomic E-state index is 12.1. The van der Waals surface area contributed by atoms with Crippen molar-refractivity contribution in [3.05, 3.63) is 59.7 Å². The standard InChI is InChI=1S/C17H19NO5S/c1-18(2)24(21,22)16-5-3-4-14(10-16)12-23-15-8-6-13(7-9-15)11-17(19)20/h3-10H,11-12H2,1-2H3,(H,19,20). The first-order valence-corrected chi connectivity index (χ1v) is 8.68. The molecule has 0 aliphatic rings. The highest BCUT2D eigenvalue weighted by Crippen LogP contribution is 2.18. The predicted molar refractivity (Wildman–Crippen MR) is 89.4 cm³/mol. The summed E-state index contributed by atoms with van der Waals surface area (Å²) >= 11 is 0. The Balaban J connectivity index is 2.06. The van der Waals surface area contributed by atoms with Gasteiger partial charge in [-0.25, -0.2) is 12.7 Å². The summed E-state index contributed by atoms with van der Waals surface area (Å²) in [5.41, 5.74) is 1.42. The number of rotatable bonds is 7. The molecule has 0 radical (unpaired) electrons. The maximum atomic E-state index is 12.1. The maximum Gasteiger partial charge on any atom is 0.307 e. The van der Waals surface area contributed by atoms with E-state index in [1.165, 1.54) is 14.1 Å². The van der Waals surface area contributed by atoms with E-state index in [9.17, 15) is 13.2 Å². The van der Waals surface area contributed by atoms with Crippen molar-refractivity contribution < 1.29 is 23.1 Å². The van der Waals surface area contributed by atoms with E-state index < -0.39 is 16.0 Å². The zero-order valence-electron chi connectivity index (χ0n) is 13.5. The van der Waals surface area contributed by atoms with Gasteiger partial charge in [0.1, 0.15) is 12.4 Å². The van der Waals surface area contributed by atoms with Gasteiger partial charge in [0.2, 0.25) is 10.0 Å². The number of benzene rings is 2. The third-order valence-corrected chi connectivity index (χ3v) is 5.17. The van der Waals surface area contributed by atoms with Crippen LogP contribution in [0.4, 0.5) is 0 Å². The van der Waals surface area contributed by atoms with E-state index in [1.807, 2.05) is 0 Å². The van der Waals surface area contributed by atoms with Crippen LogP contribution in [0.3, 0.4) is 0 Å². The molecule has 2 aromatic carbocycles. The number of carbonyl (C=O) groups is 1. The SMILES string of the molecule is CN(C)S(=O)(=O)c1cccc(COc2ccc(CC(=O)O)cc2)c1. The summed E-state index contributed by atoms with van der Waals surface area (Å²) in [4.78, 5) is 10.9. The van der Waals surface area contributed by atoms with Crippen LogP contribution < -0.4 is 4.74 Å². The van der Waals surface area contributed by atoms with Crippen molar-refractivity contribution in [2.24, 2.45) is 0 Å². The van der Waals surface area contributed by atoms with Gasteiger partial charge < -0.3 is 9.84 Å². The van der Waals surface area contributed by atoms with Gasteiger partial charge in [-0.15, -0.1) is 0 Å². The number of aliphatic carboxylic acids is 1. The van der Waals surface area contributed by atoms with E-state index in [1.54, 1.807) is 48.5 Å². The van der Waals surface area contributed by atoms with Gasteiger partial charge in [-0.05, 0) is 35.4 Å². The molecular formula is C17H19NO5S. The van der Waals surface area contributed by atoms with Crippen LogP contribution >= 0.6 is 0 Å². The number of hydrogen-bond donors (Lipinski definition) is 1. The molecule has 128 valence electrons. The summed E-state index contributed by atoms with van der Waals surface area (Å²) < 4.78 is 31.0. The van der Waals surface area contributed by atoms with Gasteiger partial charge in [-0.3, -0.25) is 4.79 Å². The van der Waals surface area contributed by atoms with Crippen LogP contribution in [-0.4, -0.2) is 37.9 Å². The summed E-state index contributed by atoms with van der Waals surface area (Å²) in [5.74, 6) is -0.299. The topological polar surface area (TPSA) is 83.9 Å². The van der Waals surface area contributed by atoms with Crippen LogP contribution in [0, 0.1) is 0 Å². The average molecular weight is 349 g/mol. The van der Waals surface area contributed by atoms with Gasteiger partial charge in [-0.2, -0.15) is 0 Å². The van der Waals surface area contributed by atoms with Crippen LogP contribution in [-0.2, 0) is 27.8 Å². The molecular weight excluding hydrogens is 330 g/mol. The van der Waals surface area contributed by atoms with Crippen LogP contribution in [0.15, 0.2) is 53.4 Å². The van der Waals surface area contributed by atoms with Gasteiger partial charge in [0, 0.05) is 14.1 Å². The molecule has 0 aliphatic carbocycles. The van der Waals surface area contributed by atoms with E-state index >= 15 is 0 Å². The van der Waals surface area contributed by atoms with Crippen LogP contribution in [0.2, 0.25) is 0 Å². The molecule has 2 rings (SSSR count). The second kappa shape index (κ2) is 7.46. The third-order valence-electron chi connectivity index (χ3n) is 3.36. The van der Waals surface area contributed by atoms with E-state index in [0.717, 1.165) is 9.87 Å². The number of ether oxygens (including phenoxy) is 1.